The molecule has 0 aliphatic carbocycles. The molecule has 2 aliphatic heterocycles. The molecule has 2 aliphatic rings. The number of hydrogen-bond acceptors (Lipinski definition) is 7. The molecule has 0 aromatic carbocycles. The zero-order valence-corrected chi connectivity index (χ0v) is 18.2. The molecule has 0 saturated carbocycles. The predicted molar refractivity (Wildman–Crippen MR) is 107 cm³/mol. The molecule has 1 amide bonds. The molecule has 2 saturated heterocycles. The van der Waals surface area contributed by atoms with Crippen LogP contribution in [0.3, 0.4) is 0 Å². The van der Waals surface area contributed by atoms with Gasteiger partial charge in [-0.2, -0.15) is 17.5 Å². The van der Waals surface area contributed by atoms with Crippen molar-refractivity contribution in [2.75, 3.05) is 44.2 Å². The van der Waals surface area contributed by atoms with Crippen LogP contribution < -0.4 is 4.90 Å². The largest absolute Gasteiger partial charge is 0.435 e. The van der Waals surface area contributed by atoms with E-state index in [1.165, 1.54) is 6.92 Å². The van der Waals surface area contributed by atoms with Crippen LogP contribution in [-0.4, -0.2) is 72.8 Å². The minimum atomic E-state index is -4.86. The van der Waals surface area contributed by atoms with Crippen LogP contribution in [0.25, 0.3) is 0 Å². The van der Waals surface area contributed by atoms with Gasteiger partial charge in [-0.05, 0) is 19.1 Å². The normalized spacial score (nSPS) is 18.8. The van der Waals surface area contributed by atoms with Crippen LogP contribution in [-0.2, 0) is 21.0 Å². The Balaban J connectivity index is 1.37. The molecule has 168 valence electrons. The molecule has 2 aromatic heterocycles. The summed E-state index contributed by atoms with van der Waals surface area (Å²) in [5, 5.41) is 0.0196. The number of carbonyl (C=O) groups is 1. The van der Waals surface area contributed by atoms with Crippen LogP contribution in [0.15, 0.2) is 28.7 Å². The number of rotatable bonds is 4. The molecule has 0 N–H and O–H groups in total. The highest BCUT2D eigenvalue weighted by Crippen LogP contribution is 2.39. The number of piperazine rings is 1. The second-order valence-electron chi connectivity index (χ2n) is 7.40. The number of nitrogens with zero attached hydrogens (tertiary/aromatic N) is 5. The molecule has 2 aromatic rings. The fraction of sp³-hybridized carbons (Fsp3) is 0.500. The van der Waals surface area contributed by atoms with Crippen molar-refractivity contribution in [1.29, 1.82) is 0 Å². The first-order chi connectivity index (χ1) is 14.6. The van der Waals surface area contributed by atoms with Crippen LogP contribution in [0.2, 0.25) is 0 Å². The van der Waals surface area contributed by atoms with Crippen LogP contribution >= 0.6 is 11.3 Å². The van der Waals surface area contributed by atoms with Crippen molar-refractivity contribution in [3.63, 3.8) is 0 Å². The quantitative estimate of drug-likeness (QED) is 0.671. The summed E-state index contributed by atoms with van der Waals surface area (Å²) < 4.78 is 65.0. The molecule has 4 rings (SSSR count). The Morgan fingerprint density at radius 2 is 1.74 bits per heavy atom. The summed E-state index contributed by atoms with van der Waals surface area (Å²) in [4.78, 5) is 23.9. The number of aromatic nitrogens is 2. The molecule has 2 fully saturated rings. The Labute approximate surface area is 181 Å². The van der Waals surface area contributed by atoms with Crippen LogP contribution in [0.1, 0.15) is 10.7 Å². The van der Waals surface area contributed by atoms with Gasteiger partial charge in [0.25, 0.3) is 10.0 Å². The number of halogens is 3. The average Bonchev–Trinajstić information content (AvgIpc) is 3.11. The maximum atomic E-state index is 13.2. The molecular formula is C18H20F3N5O3S2. The summed E-state index contributed by atoms with van der Waals surface area (Å²) in [5.41, 5.74) is -0.375. The smallest absolute Gasteiger partial charge is 0.368 e. The third-order valence-electron chi connectivity index (χ3n) is 5.36. The van der Waals surface area contributed by atoms with Crippen molar-refractivity contribution in [3.8, 4) is 0 Å². The van der Waals surface area contributed by atoms with Crippen molar-refractivity contribution in [1.82, 2.24) is 19.2 Å². The van der Waals surface area contributed by atoms with Crippen molar-refractivity contribution in [2.24, 2.45) is 5.92 Å². The fourth-order valence-corrected chi connectivity index (χ4v) is 6.82. The number of amides is 1. The third-order valence-corrected chi connectivity index (χ3v) is 8.65. The topological polar surface area (TPSA) is 86.7 Å². The van der Waals surface area contributed by atoms with E-state index in [1.54, 1.807) is 17.3 Å². The van der Waals surface area contributed by atoms with E-state index >= 15 is 0 Å². The molecule has 0 atom stereocenters. The van der Waals surface area contributed by atoms with Gasteiger partial charge in [0.2, 0.25) is 5.91 Å². The Kier molecular flexibility index (Phi) is 5.68. The summed E-state index contributed by atoms with van der Waals surface area (Å²) in [6, 6.07) is 3.78. The van der Waals surface area contributed by atoms with Gasteiger partial charge in [-0.3, -0.25) is 9.78 Å². The number of pyridine rings is 1. The van der Waals surface area contributed by atoms with Crippen molar-refractivity contribution >= 4 is 33.0 Å². The van der Waals surface area contributed by atoms with Gasteiger partial charge in [0.15, 0.2) is 9.90 Å². The van der Waals surface area contributed by atoms with E-state index in [0.717, 1.165) is 9.99 Å². The Morgan fingerprint density at radius 3 is 2.32 bits per heavy atom. The molecule has 0 unspecified atom stereocenters. The maximum Gasteiger partial charge on any atom is 0.435 e. The Morgan fingerprint density at radius 1 is 1.13 bits per heavy atom. The van der Waals surface area contributed by atoms with E-state index in [-0.39, 0.29) is 24.0 Å². The first kappa shape index (κ1) is 22.0. The zero-order valence-electron chi connectivity index (χ0n) is 16.5. The highest BCUT2D eigenvalue weighted by Gasteiger charge is 2.47. The van der Waals surface area contributed by atoms with E-state index in [2.05, 4.69) is 14.9 Å². The van der Waals surface area contributed by atoms with Gasteiger partial charge in [-0.25, -0.2) is 13.4 Å². The van der Waals surface area contributed by atoms with Crippen LogP contribution in [0.4, 0.5) is 18.9 Å². The van der Waals surface area contributed by atoms with Gasteiger partial charge in [-0.1, -0.05) is 0 Å². The van der Waals surface area contributed by atoms with E-state index in [9.17, 15) is 26.4 Å². The highest BCUT2D eigenvalue weighted by atomic mass is 32.2. The monoisotopic (exact) mass is 475 g/mol. The Bertz CT molecular complexity index is 1060. The lowest BCUT2D eigenvalue weighted by Gasteiger charge is -2.42. The molecular weight excluding hydrogens is 455 g/mol. The molecule has 0 bridgehead atoms. The SMILES string of the molecule is Cc1nc(C(F)(F)F)c(S(=O)(=O)N2CC(C(=O)N3CCN(c4ccncc4)CC3)C2)s1. The lowest BCUT2D eigenvalue weighted by molar-refractivity contribution is -0.143. The van der Waals surface area contributed by atoms with Gasteiger partial charge < -0.3 is 9.80 Å². The molecule has 4 heterocycles. The number of carbonyl (C=O) groups excluding carboxylic acids is 1. The number of sulfonamides is 1. The van der Waals surface area contributed by atoms with Gasteiger partial charge in [0, 0.05) is 57.3 Å². The van der Waals surface area contributed by atoms with E-state index < -0.39 is 32.0 Å². The predicted octanol–water partition coefficient (Wildman–Crippen LogP) is 1.83. The standard InChI is InChI=1S/C18H20F3N5O3S2/c1-12-23-15(18(19,20)21)17(30-12)31(28,29)26-10-13(11-26)16(27)25-8-6-24(7-9-25)14-2-4-22-5-3-14/h2-5,13H,6-11H2,1H3. The van der Waals surface area contributed by atoms with E-state index in [0.29, 0.717) is 37.5 Å². The summed E-state index contributed by atoms with van der Waals surface area (Å²) in [6.45, 7) is 3.35. The average molecular weight is 476 g/mol. The zero-order chi connectivity index (χ0) is 22.4. The lowest BCUT2D eigenvalue weighted by atomic mass is 10.0. The van der Waals surface area contributed by atoms with E-state index in [1.807, 2.05) is 12.1 Å². The van der Waals surface area contributed by atoms with Crippen molar-refractivity contribution in [2.45, 2.75) is 17.3 Å². The fourth-order valence-electron chi connectivity index (χ4n) is 3.67. The minimum absolute atomic E-state index is 0.0196. The summed E-state index contributed by atoms with van der Waals surface area (Å²) in [5.74, 6) is -0.719. The van der Waals surface area contributed by atoms with Gasteiger partial charge in [-0.15, -0.1) is 11.3 Å². The first-order valence-corrected chi connectivity index (χ1v) is 11.8. The second-order valence-corrected chi connectivity index (χ2v) is 10.7. The number of aryl methyl sites for hydroxylation is 1. The summed E-state index contributed by atoms with van der Waals surface area (Å²) in [7, 11) is -4.35. The number of thiazole rings is 1. The molecule has 8 nitrogen and oxygen atoms in total. The second kappa shape index (κ2) is 8.02. The number of anilines is 1. The summed E-state index contributed by atoms with van der Waals surface area (Å²) >= 11 is 0.496. The van der Waals surface area contributed by atoms with Crippen LogP contribution in [0, 0.1) is 12.8 Å². The number of hydrogen-bond donors (Lipinski definition) is 0. The van der Waals surface area contributed by atoms with Gasteiger partial charge in [0.1, 0.15) is 0 Å². The number of alkyl halides is 3. The van der Waals surface area contributed by atoms with Crippen LogP contribution in [0.5, 0.6) is 0 Å². The molecule has 0 spiro atoms. The van der Waals surface area contributed by atoms with E-state index in [4.69, 9.17) is 0 Å². The lowest BCUT2D eigenvalue weighted by Crippen LogP contribution is -2.59. The minimum Gasteiger partial charge on any atom is -0.368 e. The molecule has 31 heavy (non-hydrogen) atoms. The summed E-state index contributed by atoms with van der Waals surface area (Å²) in [6.07, 6.45) is -1.46. The first-order valence-electron chi connectivity index (χ1n) is 9.56. The highest BCUT2D eigenvalue weighted by molar-refractivity contribution is 7.91. The maximum absolute atomic E-state index is 13.2. The molecule has 13 heteroatoms. The third kappa shape index (κ3) is 4.26. The van der Waals surface area contributed by atoms with Gasteiger partial charge in [0.05, 0.1) is 10.9 Å². The van der Waals surface area contributed by atoms with Crippen molar-refractivity contribution in [3.05, 3.63) is 35.2 Å². The molecule has 0 radical (unpaired) electrons. The Hall–Kier alpha value is -2.25. The van der Waals surface area contributed by atoms with Gasteiger partial charge >= 0.3 is 6.18 Å². The van der Waals surface area contributed by atoms with Crippen molar-refractivity contribution < 1.29 is 26.4 Å².